The first-order valence-electron chi connectivity index (χ1n) is 6.43. The third kappa shape index (κ3) is 3.99. The standard InChI is InChI=1S/C14H19ClN4S/c1-10-7-12(19(2)18-10)8-11(17-16)9-20-14-6-4-3-5-13(14)15/h3-7,11,17H,8-9,16H2,1-2H3. The predicted molar refractivity (Wildman–Crippen MR) is 84.9 cm³/mol. The number of nitrogens with two attached hydrogens (primary N) is 1. The Morgan fingerprint density at radius 3 is 2.80 bits per heavy atom. The molecule has 108 valence electrons. The number of hydrogen-bond acceptors (Lipinski definition) is 4. The van der Waals surface area contributed by atoms with Crippen molar-refractivity contribution in [3.05, 3.63) is 46.7 Å². The fourth-order valence-electron chi connectivity index (χ4n) is 2.03. The van der Waals surface area contributed by atoms with Crippen LogP contribution in [-0.2, 0) is 13.5 Å². The highest BCUT2D eigenvalue weighted by atomic mass is 35.5. The normalized spacial score (nSPS) is 12.6. The van der Waals surface area contributed by atoms with Gasteiger partial charge in [0.15, 0.2) is 0 Å². The number of hydrazine groups is 1. The molecule has 0 aliphatic carbocycles. The van der Waals surface area contributed by atoms with Crippen LogP contribution in [0.4, 0.5) is 0 Å². The van der Waals surface area contributed by atoms with Gasteiger partial charge in [-0.05, 0) is 25.1 Å². The lowest BCUT2D eigenvalue weighted by atomic mass is 10.2. The first kappa shape index (κ1) is 15.4. The SMILES string of the molecule is Cc1cc(CC(CSc2ccccc2Cl)NN)n(C)n1. The van der Waals surface area contributed by atoms with Crippen LogP contribution in [0, 0.1) is 6.92 Å². The maximum absolute atomic E-state index is 6.15. The molecular weight excluding hydrogens is 292 g/mol. The van der Waals surface area contributed by atoms with E-state index in [-0.39, 0.29) is 6.04 Å². The zero-order valence-electron chi connectivity index (χ0n) is 11.6. The molecule has 0 bridgehead atoms. The molecule has 0 amide bonds. The summed E-state index contributed by atoms with van der Waals surface area (Å²) in [6.45, 7) is 1.99. The van der Waals surface area contributed by atoms with Gasteiger partial charge < -0.3 is 0 Å². The fourth-order valence-corrected chi connectivity index (χ4v) is 3.30. The molecule has 0 saturated carbocycles. The number of aryl methyl sites for hydroxylation is 2. The van der Waals surface area contributed by atoms with Gasteiger partial charge in [0.1, 0.15) is 0 Å². The number of hydrogen-bond donors (Lipinski definition) is 2. The van der Waals surface area contributed by atoms with Crippen molar-refractivity contribution >= 4 is 23.4 Å². The van der Waals surface area contributed by atoms with E-state index in [0.717, 1.165) is 27.8 Å². The maximum Gasteiger partial charge on any atom is 0.0596 e. The summed E-state index contributed by atoms with van der Waals surface area (Å²) < 4.78 is 1.90. The van der Waals surface area contributed by atoms with E-state index in [1.165, 1.54) is 5.69 Å². The van der Waals surface area contributed by atoms with Crippen molar-refractivity contribution < 1.29 is 0 Å². The van der Waals surface area contributed by atoms with Gasteiger partial charge in [-0.2, -0.15) is 5.10 Å². The van der Waals surface area contributed by atoms with Gasteiger partial charge in [0.2, 0.25) is 0 Å². The topological polar surface area (TPSA) is 55.9 Å². The van der Waals surface area contributed by atoms with Crippen LogP contribution in [-0.4, -0.2) is 21.6 Å². The second-order valence-electron chi connectivity index (χ2n) is 4.71. The molecule has 6 heteroatoms. The molecule has 4 nitrogen and oxygen atoms in total. The van der Waals surface area contributed by atoms with Gasteiger partial charge in [-0.15, -0.1) is 11.8 Å². The van der Waals surface area contributed by atoms with Crippen LogP contribution >= 0.6 is 23.4 Å². The van der Waals surface area contributed by atoms with Crippen LogP contribution in [0.2, 0.25) is 5.02 Å². The average molecular weight is 311 g/mol. The van der Waals surface area contributed by atoms with Gasteiger partial charge in [0.25, 0.3) is 0 Å². The van der Waals surface area contributed by atoms with Crippen molar-refractivity contribution in [3.63, 3.8) is 0 Å². The fraction of sp³-hybridized carbons (Fsp3) is 0.357. The van der Waals surface area contributed by atoms with Crippen molar-refractivity contribution in [2.45, 2.75) is 24.3 Å². The lowest BCUT2D eigenvalue weighted by Crippen LogP contribution is -2.39. The van der Waals surface area contributed by atoms with Crippen LogP contribution < -0.4 is 11.3 Å². The Morgan fingerprint density at radius 1 is 1.45 bits per heavy atom. The van der Waals surface area contributed by atoms with Crippen LogP contribution in [0.5, 0.6) is 0 Å². The number of aromatic nitrogens is 2. The highest BCUT2D eigenvalue weighted by molar-refractivity contribution is 7.99. The van der Waals surface area contributed by atoms with Gasteiger partial charge in [-0.3, -0.25) is 16.0 Å². The molecular formula is C14H19ClN4S. The molecule has 0 radical (unpaired) electrons. The third-order valence-corrected chi connectivity index (χ3v) is 4.74. The predicted octanol–water partition coefficient (Wildman–Crippen LogP) is 2.55. The Morgan fingerprint density at radius 2 is 2.20 bits per heavy atom. The molecule has 1 atom stereocenters. The smallest absolute Gasteiger partial charge is 0.0596 e. The lowest BCUT2D eigenvalue weighted by Gasteiger charge is -2.15. The first-order chi connectivity index (χ1) is 9.60. The zero-order valence-corrected chi connectivity index (χ0v) is 13.2. The number of rotatable bonds is 6. The molecule has 2 aromatic rings. The second-order valence-corrected chi connectivity index (χ2v) is 6.18. The highest BCUT2D eigenvalue weighted by Crippen LogP contribution is 2.27. The summed E-state index contributed by atoms with van der Waals surface area (Å²) in [5.74, 6) is 6.51. The molecule has 0 saturated heterocycles. The minimum Gasteiger partial charge on any atom is -0.272 e. The summed E-state index contributed by atoms with van der Waals surface area (Å²) in [5.41, 5.74) is 5.07. The van der Waals surface area contributed by atoms with E-state index in [4.69, 9.17) is 17.4 Å². The Kier molecular flexibility index (Phi) is 5.48. The van der Waals surface area contributed by atoms with Crippen molar-refractivity contribution in [1.29, 1.82) is 0 Å². The summed E-state index contributed by atoms with van der Waals surface area (Å²) in [4.78, 5) is 1.08. The van der Waals surface area contributed by atoms with E-state index >= 15 is 0 Å². The van der Waals surface area contributed by atoms with Gasteiger partial charge in [0.05, 0.1) is 10.7 Å². The quantitative estimate of drug-likeness (QED) is 0.489. The molecule has 1 unspecified atom stereocenters. The lowest BCUT2D eigenvalue weighted by molar-refractivity contribution is 0.551. The molecule has 20 heavy (non-hydrogen) atoms. The summed E-state index contributed by atoms with van der Waals surface area (Å²) >= 11 is 7.86. The Balaban J connectivity index is 1.96. The summed E-state index contributed by atoms with van der Waals surface area (Å²) in [7, 11) is 1.96. The Labute approximate surface area is 128 Å². The molecule has 0 spiro atoms. The maximum atomic E-state index is 6.15. The van der Waals surface area contributed by atoms with Gasteiger partial charge in [-0.1, -0.05) is 23.7 Å². The molecule has 0 fully saturated rings. The number of halogens is 1. The zero-order chi connectivity index (χ0) is 14.5. The second kappa shape index (κ2) is 7.13. The van der Waals surface area contributed by atoms with E-state index in [1.54, 1.807) is 11.8 Å². The summed E-state index contributed by atoms with van der Waals surface area (Å²) in [5, 5.41) is 5.13. The van der Waals surface area contributed by atoms with Crippen molar-refractivity contribution in [3.8, 4) is 0 Å². The van der Waals surface area contributed by atoms with E-state index in [0.29, 0.717) is 0 Å². The van der Waals surface area contributed by atoms with E-state index < -0.39 is 0 Å². The van der Waals surface area contributed by atoms with Crippen LogP contribution in [0.15, 0.2) is 35.2 Å². The molecule has 3 N–H and O–H groups in total. The number of benzene rings is 1. The van der Waals surface area contributed by atoms with Crippen molar-refractivity contribution in [2.24, 2.45) is 12.9 Å². The van der Waals surface area contributed by atoms with Crippen molar-refractivity contribution in [1.82, 2.24) is 15.2 Å². The van der Waals surface area contributed by atoms with Crippen molar-refractivity contribution in [2.75, 3.05) is 5.75 Å². The first-order valence-corrected chi connectivity index (χ1v) is 7.79. The minimum atomic E-state index is 0.172. The Hall–Kier alpha value is -1.01. The third-order valence-electron chi connectivity index (χ3n) is 3.07. The summed E-state index contributed by atoms with van der Waals surface area (Å²) in [6, 6.07) is 10.1. The number of nitrogens with one attached hydrogen (secondary N) is 1. The average Bonchev–Trinajstić information content (AvgIpc) is 2.74. The molecule has 2 rings (SSSR count). The van der Waals surface area contributed by atoms with Gasteiger partial charge in [0, 0.05) is 35.9 Å². The van der Waals surface area contributed by atoms with Gasteiger partial charge >= 0.3 is 0 Å². The van der Waals surface area contributed by atoms with Gasteiger partial charge in [-0.25, -0.2) is 0 Å². The number of nitrogens with zero attached hydrogens (tertiary/aromatic N) is 2. The molecule has 0 aliphatic heterocycles. The molecule has 1 heterocycles. The van der Waals surface area contributed by atoms with E-state index in [9.17, 15) is 0 Å². The van der Waals surface area contributed by atoms with E-state index in [1.807, 2.05) is 42.9 Å². The van der Waals surface area contributed by atoms with Crippen LogP contribution in [0.25, 0.3) is 0 Å². The molecule has 0 aliphatic rings. The molecule has 1 aromatic heterocycles. The minimum absolute atomic E-state index is 0.172. The van der Waals surface area contributed by atoms with E-state index in [2.05, 4.69) is 16.6 Å². The largest absolute Gasteiger partial charge is 0.272 e. The summed E-state index contributed by atoms with van der Waals surface area (Å²) in [6.07, 6.45) is 0.839. The monoisotopic (exact) mass is 310 g/mol. The molecule has 1 aromatic carbocycles. The van der Waals surface area contributed by atoms with Crippen LogP contribution in [0.3, 0.4) is 0 Å². The Bertz CT molecular complexity index is 570. The number of thioether (sulfide) groups is 1. The highest BCUT2D eigenvalue weighted by Gasteiger charge is 2.12. The van der Waals surface area contributed by atoms with Crippen LogP contribution in [0.1, 0.15) is 11.4 Å².